The van der Waals surface area contributed by atoms with Crippen molar-refractivity contribution in [1.29, 1.82) is 5.26 Å². The Morgan fingerprint density at radius 3 is 2.67 bits per heavy atom. The molecule has 2 nitrogen and oxygen atoms in total. The summed E-state index contributed by atoms with van der Waals surface area (Å²) in [4.78, 5) is 0. The minimum absolute atomic E-state index is 0.358. The fourth-order valence-corrected chi connectivity index (χ4v) is 2.06. The molecule has 0 atom stereocenters. The van der Waals surface area contributed by atoms with Crippen LogP contribution in [0.2, 0.25) is 0 Å². The van der Waals surface area contributed by atoms with E-state index in [-0.39, 0.29) is 0 Å². The lowest BCUT2D eigenvalue weighted by molar-refractivity contribution is 0.476. The zero-order valence-electron chi connectivity index (χ0n) is 9.36. The molecule has 0 bridgehead atoms. The lowest BCUT2D eigenvalue weighted by Gasteiger charge is -2.11. The first kappa shape index (κ1) is 12.9. The molecular formula is C14H9BrClNO. The second-order valence-electron chi connectivity index (χ2n) is 3.60. The maximum absolute atomic E-state index is 9.01. The minimum atomic E-state index is 0.358. The molecule has 0 radical (unpaired) electrons. The number of benzene rings is 2. The van der Waals surface area contributed by atoms with E-state index in [0.29, 0.717) is 22.9 Å². The molecular weight excluding hydrogens is 314 g/mol. The second-order valence-corrected chi connectivity index (χ2v) is 4.78. The molecule has 0 aromatic heterocycles. The maximum Gasteiger partial charge on any atom is 0.145 e. The third-order valence-corrected chi connectivity index (χ3v) is 3.18. The Hall–Kier alpha value is -1.50. The number of halogens is 2. The molecule has 0 aliphatic heterocycles. The Morgan fingerprint density at radius 2 is 1.94 bits per heavy atom. The number of nitriles is 1. The number of rotatable bonds is 3. The van der Waals surface area contributed by atoms with Crippen LogP contribution in [0.4, 0.5) is 0 Å². The van der Waals surface area contributed by atoms with Gasteiger partial charge in [-0.3, -0.25) is 0 Å². The largest absolute Gasteiger partial charge is 0.456 e. The monoisotopic (exact) mass is 321 g/mol. The summed E-state index contributed by atoms with van der Waals surface area (Å²) in [6.45, 7) is 0. The lowest BCUT2D eigenvalue weighted by Crippen LogP contribution is -1.92. The standard InChI is InChI=1S/C14H9BrClNO/c15-12-6-5-10(8-16)14(7-12)18-13-4-2-1-3-11(13)9-17/h1-7H,8H2. The van der Waals surface area contributed by atoms with Crippen LogP contribution in [0.1, 0.15) is 11.1 Å². The summed E-state index contributed by atoms with van der Waals surface area (Å²) >= 11 is 9.25. The van der Waals surface area contributed by atoms with Crippen LogP contribution in [0.3, 0.4) is 0 Å². The van der Waals surface area contributed by atoms with Crippen LogP contribution >= 0.6 is 27.5 Å². The fraction of sp³-hybridized carbons (Fsp3) is 0.0714. The smallest absolute Gasteiger partial charge is 0.145 e. The van der Waals surface area contributed by atoms with Crippen molar-refractivity contribution >= 4 is 27.5 Å². The summed E-state index contributed by atoms with van der Waals surface area (Å²) in [5, 5.41) is 9.01. The van der Waals surface area contributed by atoms with Gasteiger partial charge < -0.3 is 4.74 Å². The maximum atomic E-state index is 9.01. The van der Waals surface area contributed by atoms with Crippen molar-refractivity contribution < 1.29 is 4.74 Å². The molecule has 4 heteroatoms. The highest BCUT2D eigenvalue weighted by atomic mass is 79.9. The third-order valence-electron chi connectivity index (χ3n) is 2.40. The molecule has 2 rings (SSSR count). The summed E-state index contributed by atoms with van der Waals surface area (Å²) < 4.78 is 6.67. The number of alkyl halides is 1. The van der Waals surface area contributed by atoms with Gasteiger partial charge in [0.1, 0.15) is 17.6 Å². The molecule has 0 heterocycles. The van der Waals surface area contributed by atoms with Gasteiger partial charge >= 0.3 is 0 Å². The summed E-state index contributed by atoms with van der Waals surface area (Å²) in [7, 11) is 0. The Balaban J connectivity index is 2.40. The second kappa shape index (κ2) is 5.90. The number of hydrogen-bond donors (Lipinski definition) is 0. The van der Waals surface area contributed by atoms with Gasteiger partial charge in [0.15, 0.2) is 0 Å². The van der Waals surface area contributed by atoms with Gasteiger partial charge in [-0.25, -0.2) is 0 Å². The van der Waals surface area contributed by atoms with Crippen LogP contribution in [0.5, 0.6) is 11.5 Å². The molecule has 90 valence electrons. The van der Waals surface area contributed by atoms with Gasteiger partial charge in [-0.2, -0.15) is 5.26 Å². The first-order chi connectivity index (χ1) is 8.74. The number of ether oxygens (including phenoxy) is 1. The van der Waals surface area contributed by atoms with Crippen molar-refractivity contribution in [2.75, 3.05) is 0 Å². The van der Waals surface area contributed by atoms with Gasteiger partial charge in [0.25, 0.3) is 0 Å². The summed E-state index contributed by atoms with van der Waals surface area (Å²) in [5.74, 6) is 1.55. The Labute approximate surface area is 119 Å². The molecule has 2 aromatic rings. The quantitative estimate of drug-likeness (QED) is 0.757. The van der Waals surface area contributed by atoms with Crippen LogP contribution in [0, 0.1) is 11.3 Å². The van der Waals surface area contributed by atoms with Crippen LogP contribution in [-0.4, -0.2) is 0 Å². The zero-order chi connectivity index (χ0) is 13.0. The van der Waals surface area contributed by atoms with Gasteiger partial charge in [0.05, 0.1) is 11.4 Å². The molecule has 0 aliphatic carbocycles. The highest BCUT2D eigenvalue weighted by Crippen LogP contribution is 2.31. The van der Waals surface area contributed by atoms with Crippen LogP contribution in [0.15, 0.2) is 46.9 Å². The van der Waals surface area contributed by atoms with Crippen molar-refractivity contribution in [3.63, 3.8) is 0 Å². The fourth-order valence-electron chi connectivity index (χ4n) is 1.50. The van der Waals surface area contributed by atoms with Crippen molar-refractivity contribution in [1.82, 2.24) is 0 Å². The predicted molar refractivity (Wildman–Crippen MR) is 74.9 cm³/mol. The van der Waals surface area contributed by atoms with E-state index in [4.69, 9.17) is 21.6 Å². The number of nitrogens with zero attached hydrogens (tertiary/aromatic N) is 1. The van der Waals surface area contributed by atoms with E-state index in [1.807, 2.05) is 24.3 Å². The summed E-state index contributed by atoms with van der Waals surface area (Å²) in [6, 6.07) is 14.8. The molecule has 0 fully saturated rings. The average molecular weight is 323 g/mol. The molecule has 2 aromatic carbocycles. The summed E-state index contributed by atoms with van der Waals surface area (Å²) in [5.41, 5.74) is 1.38. The van der Waals surface area contributed by atoms with Gasteiger partial charge in [0, 0.05) is 10.0 Å². The number of hydrogen-bond acceptors (Lipinski definition) is 2. The van der Waals surface area contributed by atoms with Crippen LogP contribution in [0.25, 0.3) is 0 Å². The first-order valence-electron chi connectivity index (χ1n) is 5.26. The Morgan fingerprint density at radius 1 is 1.17 bits per heavy atom. The molecule has 0 amide bonds. The third kappa shape index (κ3) is 2.84. The lowest BCUT2D eigenvalue weighted by atomic mass is 10.2. The van der Waals surface area contributed by atoms with E-state index in [2.05, 4.69) is 22.0 Å². The molecule has 0 aliphatic rings. The van der Waals surface area contributed by atoms with E-state index in [0.717, 1.165) is 10.0 Å². The molecule has 0 saturated carbocycles. The van der Waals surface area contributed by atoms with E-state index in [1.165, 1.54) is 0 Å². The first-order valence-corrected chi connectivity index (χ1v) is 6.58. The number of para-hydroxylation sites is 1. The van der Waals surface area contributed by atoms with Crippen molar-refractivity contribution in [2.45, 2.75) is 5.88 Å². The van der Waals surface area contributed by atoms with E-state index in [9.17, 15) is 0 Å². The average Bonchev–Trinajstić information content (AvgIpc) is 2.40. The highest BCUT2D eigenvalue weighted by Gasteiger charge is 2.08. The SMILES string of the molecule is N#Cc1ccccc1Oc1cc(Br)ccc1CCl. The van der Waals surface area contributed by atoms with Gasteiger partial charge in [-0.15, -0.1) is 11.6 Å². The molecule has 0 unspecified atom stereocenters. The predicted octanol–water partition coefficient (Wildman–Crippen LogP) is 4.85. The van der Waals surface area contributed by atoms with Crippen molar-refractivity contribution in [3.05, 3.63) is 58.1 Å². The molecule has 0 N–H and O–H groups in total. The minimum Gasteiger partial charge on any atom is -0.456 e. The zero-order valence-corrected chi connectivity index (χ0v) is 11.7. The highest BCUT2D eigenvalue weighted by molar-refractivity contribution is 9.10. The molecule has 0 spiro atoms. The molecule has 18 heavy (non-hydrogen) atoms. The Bertz CT molecular complexity index is 607. The topological polar surface area (TPSA) is 33.0 Å². The van der Waals surface area contributed by atoms with E-state index >= 15 is 0 Å². The van der Waals surface area contributed by atoms with Gasteiger partial charge in [-0.05, 0) is 24.3 Å². The van der Waals surface area contributed by atoms with Crippen molar-refractivity contribution in [3.8, 4) is 17.6 Å². The normalized spacial score (nSPS) is 9.83. The summed E-state index contributed by atoms with van der Waals surface area (Å²) in [6.07, 6.45) is 0. The molecule has 0 saturated heterocycles. The van der Waals surface area contributed by atoms with E-state index < -0.39 is 0 Å². The Kier molecular flexibility index (Phi) is 4.24. The van der Waals surface area contributed by atoms with E-state index in [1.54, 1.807) is 18.2 Å². The van der Waals surface area contributed by atoms with Crippen LogP contribution < -0.4 is 4.74 Å². The van der Waals surface area contributed by atoms with Gasteiger partial charge in [-0.1, -0.05) is 34.1 Å². The van der Waals surface area contributed by atoms with Crippen molar-refractivity contribution in [2.24, 2.45) is 0 Å². The van der Waals surface area contributed by atoms with Crippen LogP contribution in [-0.2, 0) is 5.88 Å². The van der Waals surface area contributed by atoms with Gasteiger partial charge in [0.2, 0.25) is 0 Å².